The Hall–Kier alpha value is -1.67. The zero-order valence-electron chi connectivity index (χ0n) is 22.5. The number of fused-ring (bicyclic) bond motifs is 2. The van der Waals surface area contributed by atoms with Crippen molar-refractivity contribution in [2.45, 2.75) is 96.7 Å². The highest BCUT2D eigenvalue weighted by molar-refractivity contribution is 5.68. The molecule has 0 aromatic rings. The molecule has 0 N–H and O–H groups in total. The summed E-state index contributed by atoms with van der Waals surface area (Å²) in [4.78, 5) is 40.2. The second kappa shape index (κ2) is 7.92. The SMILES string of the molecule is CCN1C[C@]2(C)CC[C@H](OC(C)=O)[C@]34C1[C@H](C[C@H]23)[C@@]1(OC(C)=O)C[C@H](OC)[C@H]2C[C@@H]4C1C2OC(C)=O. The van der Waals surface area contributed by atoms with Gasteiger partial charge in [0.2, 0.25) is 0 Å². The van der Waals surface area contributed by atoms with Crippen LogP contribution in [0.1, 0.15) is 66.7 Å². The molecule has 6 rings (SSSR count). The largest absolute Gasteiger partial charge is 0.462 e. The first kappa shape index (κ1) is 24.7. The van der Waals surface area contributed by atoms with E-state index < -0.39 is 5.60 Å². The summed E-state index contributed by atoms with van der Waals surface area (Å²) in [6.45, 7) is 11.0. The molecule has 36 heavy (non-hydrogen) atoms. The first-order valence-electron chi connectivity index (χ1n) is 13.8. The summed E-state index contributed by atoms with van der Waals surface area (Å²) >= 11 is 0. The van der Waals surface area contributed by atoms with Crippen LogP contribution < -0.4 is 0 Å². The average Bonchev–Trinajstić information content (AvgIpc) is 3.23. The number of rotatable bonds is 5. The van der Waals surface area contributed by atoms with Gasteiger partial charge in [-0.1, -0.05) is 13.8 Å². The molecule has 1 heterocycles. The van der Waals surface area contributed by atoms with E-state index in [1.54, 1.807) is 7.11 Å². The number of esters is 3. The topological polar surface area (TPSA) is 91.4 Å². The van der Waals surface area contributed by atoms with E-state index in [0.717, 1.165) is 38.8 Å². The highest BCUT2D eigenvalue weighted by atomic mass is 16.6. The van der Waals surface area contributed by atoms with E-state index in [9.17, 15) is 14.4 Å². The third-order valence-electron chi connectivity index (χ3n) is 11.5. The van der Waals surface area contributed by atoms with Crippen LogP contribution in [0.3, 0.4) is 0 Å². The standard InChI is InChI=1S/C28H41NO7/c1-7-29-13-26(5)9-8-22(34-14(2)30)28-18-10-17-20(33-6)12-27(36-16(4)32,19(25(28)29)11-21(26)28)23(18)24(17)35-15(3)31/h17-25H,7-13H2,1-6H3/t17-,18-,19+,20+,21-,22+,23?,24?,25?,26+,27+,28-/m1/s1. The molecule has 5 aliphatic carbocycles. The maximum Gasteiger partial charge on any atom is 0.303 e. The van der Waals surface area contributed by atoms with Crippen LogP contribution in [0.5, 0.6) is 0 Å². The number of methoxy groups -OCH3 is 1. The highest BCUT2D eigenvalue weighted by Gasteiger charge is 2.85. The van der Waals surface area contributed by atoms with Crippen molar-refractivity contribution in [2.75, 3.05) is 20.2 Å². The fourth-order valence-electron chi connectivity index (χ4n) is 11.1. The van der Waals surface area contributed by atoms with Crippen LogP contribution >= 0.6 is 0 Å². The Morgan fingerprint density at radius 1 is 1.00 bits per heavy atom. The van der Waals surface area contributed by atoms with Crippen molar-refractivity contribution in [3.05, 3.63) is 0 Å². The van der Waals surface area contributed by atoms with Gasteiger partial charge in [-0.25, -0.2) is 0 Å². The van der Waals surface area contributed by atoms with Gasteiger partial charge < -0.3 is 18.9 Å². The van der Waals surface area contributed by atoms with Crippen molar-refractivity contribution < 1.29 is 33.3 Å². The Kier molecular flexibility index (Phi) is 5.42. The monoisotopic (exact) mass is 503 g/mol. The van der Waals surface area contributed by atoms with E-state index in [4.69, 9.17) is 18.9 Å². The Labute approximate surface area is 213 Å². The highest BCUT2D eigenvalue weighted by Crippen LogP contribution is 2.79. The zero-order valence-corrected chi connectivity index (χ0v) is 22.5. The first-order valence-corrected chi connectivity index (χ1v) is 13.8. The van der Waals surface area contributed by atoms with Crippen LogP contribution in [-0.2, 0) is 33.3 Å². The normalized spacial score (nSPS) is 52.0. The van der Waals surface area contributed by atoms with E-state index >= 15 is 0 Å². The molecule has 0 amide bonds. The lowest BCUT2D eigenvalue weighted by Crippen LogP contribution is -2.76. The molecule has 8 heteroatoms. The maximum atomic E-state index is 12.8. The predicted molar refractivity (Wildman–Crippen MR) is 129 cm³/mol. The summed E-state index contributed by atoms with van der Waals surface area (Å²) in [5.74, 6) is -0.373. The van der Waals surface area contributed by atoms with Gasteiger partial charge >= 0.3 is 17.9 Å². The molecule has 0 aromatic heterocycles. The van der Waals surface area contributed by atoms with Crippen LogP contribution in [0, 0.1) is 40.4 Å². The summed E-state index contributed by atoms with van der Waals surface area (Å²) in [5.41, 5.74) is -0.914. The van der Waals surface area contributed by atoms with Gasteiger partial charge in [-0.3, -0.25) is 19.3 Å². The van der Waals surface area contributed by atoms with E-state index in [-0.39, 0.29) is 76.8 Å². The molecule has 5 saturated carbocycles. The van der Waals surface area contributed by atoms with Crippen molar-refractivity contribution in [1.82, 2.24) is 4.90 Å². The fourth-order valence-corrected chi connectivity index (χ4v) is 11.1. The van der Waals surface area contributed by atoms with Crippen LogP contribution in [0.25, 0.3) is 0 Å². The molecule has 6 aliphatic rings. The maximum absolute atomic E-state index is 12.8. The molecule has 0 aromatic carbocycles. The summed E-state index contributed by atoms with van der Waals surface area (Å²) < 4.78 is 24.9. The lowest BCUT2D eigenvalue weighted by Gasteiger charge is -2.69. The first-order chi connectivity index (χ1) is 17.0. The van der Waals surface area contributed by atoms with Crippen molar-refractivity contribution in [1.29, 1.82) is 0 Å². The molecule has 7 bridgehead atoms. The molecule has 0 radical (unpaired) electrons. The Morgan fingerprint density at radius 2 is 1.72 bits per heavy atom. The van der Waals surface area contributed by atoms with Crippen LogP contribution in [0.15, 0.2) is 0 Å². The van der Waals surface area contributed by atoms with Crippen LogP contribution in [0.4, 0.5) is 0 Å². The van der Waals surface area contributed by atoms with Gasteiger partial charge in [-0.15, -0.1) is 0 Å². The fraction of sp³-hybridized carbons (Fsp3) is 0.893. The average molecular weight is 504 g/mol. The number of carbonyl (C=O) groups is 3. The lowest BCUT2D eigenvalue weighted by atomic mass is 9.43. The summed E-state index contributed by atoms with van der Waals surface area (Å²) in [6.07, 6.45) is 3.54. The third kappa shape index (κ3) is 2.86. The number of nitrogens with zero attached hydrogens (tertiary/aromatic N) is 1. The van der Waals surface area contributed by atoms with Crippen molar-refractivity contribution in [2.24, 2.45) is 40.4 Å². The minimum absolute atomic E-state index is 0.0354. The quantitative estimate of drug-likeness (QED) is 0.418. The number of likely N-dealkylation sites (tertiary alicyclic amines) is 1. The molecule has 1 spiro atoms. The Bertz CT molecular complexity index is 985. The molecule has 3 unspecified atom stereocenters. The van der Waals surface area contributed by atoms with Crippen molar-refractivity contribution in [3.8, 4) is 0 Å². The molecule has 8 nitrogen and oxygen atoms in total. The van der Waals surface area contributed by atoms with Gasteiger partial charge in [0, 0.05) is 70.1 Å². The molecular weight excluding hydrogens is 462 g/mol. The van der Waals surface area contributed by atoms with E-state index in [0.29, 0.717) is 12.3 Å². The smallest absolute Gasteiger partial charge is 0.303 e. The van der Waals surface area contributed by atoms with Crippen molar-refractivity contribution >= 4 is 17.9 Å². The number of ether oxygens (including phenoxy) is 4. The molecular formula is C28H41NO7. The van der Waals surface area contributed by atoms with Gasteiger partial charge in [-0.05, 0) is 49.5 Å². The number of hydrogen-bond acceptors (Lipinski definition) is 8. The Morgan fingerprint density at radius 3 is 2.33 bits per heavy atom. The third-order valence-corrected chi connectivity index (χ3v) is 11.5. The summed E-state index contributed by atoms with van der Waals surface area (Å²) in [5, 5.41) is 0. The Balaban J connectivity index is 1.61. The number of carbonyl (C=O) groups excluding carboxylic acids is 3. The van der Waals surface area contributed by atoms with Gasteiger partial charge in [0.25, 0.3) is 0 Å². The number of hydrogen-bond donors (Lipinski definition) is 0. The summed E-state index contributed by atoms with van der Waals surface area (Å²) in [7, 11) is 1.71. The summed E-state index contributed by atoms with van der Waals surface area (Å²) in [6, 6.07) is 0.151. The lowest BCUT2D eigenvalue weighted by molar-refractivity contribution is -0.275. The van der Waals surface area contributed by atoms with Crippen LogP contribution in [-0.4, -0.2) is 73.0 Å². The second-order valence-electron chi connectivity index (χ2n) is 12.8. The molecule has 12 atom stereocenters. The molecule has 200 valence electrons. The molecule has 1 saturated heterocycles. The van der Waals surface area contributed by atoms with Gasteiger partial charge in [0.1, 0.15) is 17.8 Å². The number of piperidine rings is 1. The predicted octanol–water partition coefficient (Wildman–Crippen LogP) is 2.96. The van der Waals surface area contributed by atoms with Gasteiger partial charge in [-0.2, -0.15) is 0 Å². The van der Waals surface area contributed by atoms with E-state index in [1.165, 1.54) is 20.8 Å². The molecule has 1 aliphatic heterocycles. The zero-order chi connectivity index (χ0) is 25.8. The second-order valence-corrected chi connectivity index (χ2v) is 12.8. The van der Waals surface area contributed by atoms with Gasteiger partial charge in [0.05, 0.1) is 6.10 Å². The molecule has 6 fully saturated rings. The van der Waals surface area contributed by atoms with Crippen LogP contribution in [0.2, 0.25) is 0 Å². The van der Waals surface area contributed by atoms with Crippen molar-refractivity contribution in [3.63, 3.8) is 0 Å². The van der Waals surface area contributed by atoms with Gasteiger partial charge in [0.15, 0.2) is 0 Å². The van der Waals surface area contributed by atoms with E-state index in [1.807, 2.05) is 0 Å². The minimum atomic E-state index is -0.767. The van der Waals surface area contributed by atoms with E-state index in [2.05, 4.69) is 18.7 Å². The minimum Gasteiger partial charge on any atom is -0.462 e.